The van der Waals surface area contributed by atoms with Gasteiger partial charge in [0.15, 0.2) is 11.7 Å². The lowest BCUT2D eigenvalue weighted by Crippen LogP contribution is -2.45. The van der Waals surface area contributed by atoms with E-state index in [1.54, 1.807) is 24.3 Å². The number of carbonyl (C=O) groups is 1. The maximum atomic E-state index is 11.8. The van der Waals surface area contributed by atoms with E-state index >= 15 is 0 Å². The van der Waals surface area contributed by atoms with Crippen LogP contribution in [0.15, 0.2) is 48.5 Å². The van der Waals surface area contributed by atoms with Crippen LogP contribution in [-0.2, 0) is 11.2 Å². The number of hydrazine groups is 1. The number of ether oxygens (including phenoxy) is 1. The number of nitrogens with one attached hydrogen (secondary N) is 3. The number of para-hydroxylation sites is 1. The largest absolute Gasteiger partial charge is 0.482 e. The highest BCUT2D eigenvalue weighted by Gasteiger charge is 2.06. The third-order valence-electron chi connectivity index (χ3n) is 3.10. The monoisotopic (exact) mass is 363 g/mol. The van der Waals surface area contributed by atoms with Crippen LogP contribution in [0.2, 0.25) is 5.02 Å². The molecule has 3 N–H and O–H groups in total. The molecule has 126 valence electrons. The van der Waals surface area contributed by atoms with Gasteiger partial charge in [0.2, 0.25) is 0 Å². The first kappa shape index (κ1) is 18.0. The zero-order chi connectivity index (χ0) is 17.4. The fourth-order valence-electron chi connectivity index (χ4n) is 1.90. The Bertz CT molecular complexity index is 724. The van der Waals surface area contributed by atoms with Crippen molar-refractivity contribution in [2.45, 2.75) is 13.3 Å². The van der Waals surface area contributed by atoms with E-state index in [2.05, 4.69) is 23.1 Å². The smallest absolute Gasteiger partial charge is 0.276 e. The Balaban J connectivity index is 1.75. The van der Waals surface area contributed by atoms with Crippen LogP contribution in [0, 0.1) is 0 Å². The van der Waals surface area contributed by atoms with E-state index in [0.29, 0.717) is 10.8 Å². The molecule has 0 unspecified atom stereocenters. The molecule has 0 fully saturated rings. The molecule has 2 rings (SSSR count). The predicted molar refractivity (Wildman–Crippen MR) is 100 cm³/mol. The van der Waals surface area contributed by atoms with E-state index in [0.717, 1.165) is 12.1 Å². The second-order valence-corrected chi connectivity index (χ2v) is 5.72. The summed E-state index contributed by atoms with van der Waals surface area (Å²) in [5.74, 6) is 0.0766. The molecule has 2 aromatic carbocycles. The minimum absolute atomic E-state index is 0.176. The van der Waals surface area contributed by atoms with Gasteiger partial charge in [-0.25, -0.2) is 0 Å². The van der Waals surface area contributed by atoms with Crippen molar-refractivity contribution in [3.63, 3.8) is 0 Å². The van der Waals surface area contributed by atoms with Crippen LogP contribution in [0.3, 0.4) is 0 Å². The highest BCUT2D eigenvalue weighted by Crippen LogP contribution is 2.22. The summed E-state index contributed by atoms with van der Waals surface area (Å²) in [6, 6.07) is 14.8. The summed E-state index contributed by atoms with van der Waals surface area (Å²) >= 11 is 11.1. The number of hydrogen-bond donors (Lipinski definition) is 3. The zero-order valence-electron chi connectivity index (χ0n) is 13.1. The van der Waals surface area contributed by atoms with Crippen LogP contribution < -0.4 is 20.9 Å². The third-order valence-corrected chi connectivity index (χ3v) is 3.62. The number of hydrogen-bond acceptors (Lipinski definition) is 3. The molecule has 0 bridgehead atoms. The van der Waals surface area contributed by atoms with Crippen molar-refractivity contribution in [2.75, 3.05) is 11.9 Å². The molecule has 0 aliphatic heterocycles. The Morgan fingerprint density at radius 3 is 2.71 bits per heavy atom. The van der Waals surface area contributed by atoms with Gasteiger partial charge in [-0.2, -0.15) is 0 Å². The summed E-state index contributed by atoms with van der Waals surface area (Å²) < 4.78 is 5.33. The maximum absolute atomic E-state index is 11.8. The van der Waals surface area contributed by atoms with Crippen molar-refractivity contribution < 1.29 is 9.53 Å². The molecular weight excluding hydrogens is 346 g/mol. The molecule has 0 aromatic heterocycles. The molecule has 7 heteroatoms. The molecule has 0 radical (unpaired) electrons. The van der Waals surface area contributed by atoms with Gasteiger partial charge in [0, 0.05) is 5.69 Å². The minimum atomic E-state index is -0.374. The molecule has 0 heterocycles. The summed E-state index contributed by atoms with van der Waals surface area (Å²) in [7, 11) is 0. The molecule has 0 spiro atoms. The molecular formula is C17H18ClN3O2S. The number of thiocarbonyl (C=S) groups is 1. The molecule has 0 aliphatic carbocycles. The van der Waals surface area contributed by atoms with Gasteiger partial charge < -0.3 is 10.1 Å². The zero-order valence-corrected chi connectivity index (χ0v) is 14.7. The van der Waals surface area contributed by atoms with Gasteiger partial charge in [-0.3, -0.25) is 15.6 Å². The van der Waals surface area contributed by atoms with Crippen molar-refractivity contribution in [1.29, 1.82) is 0 Å². The summed E-state index contributed by atoms with van der Waals surface area (Å²) in [5.41, 5.74) is 7.14. The number of benzene rings is 2. The Kier molecular flexibility index (Phi) is 6.84. The Hall–Kier alpha value is -2.31. The van der Waals surface area contributed by atoms with Crippen molar-refractivity contribution in [2.24, 2.45) is 0 Å². The molecule has 0 atom stereocenters. The average molecular weight is 364 g/mol. The number of amides is 1. The first-order valence-corrected chi connectivity index (χ1v) is 8.19. The van der Waals surface area contributed by atoms with Gasteiger partial charge in [0.05, 0.1) is 5.02 Å². The SMILES string of the molecule is CCc1cccc(NC(=S)NNC(=O)COc2ccccc2Cl)c1. The lowest BCUT2D eigenvalue weighted by molar-refractivity contribution is -0.123. The fraction of sp³-hybridized carbons (Fsp3) is 0.176. The van der Waals surface area contributed by atoms with Crippen molar-refractivity contribution in [3.05, 3.63) is 59.1 Å². The first-order valence-electron chi connectivity index (χ1n) is 7.40. The first-order chi connectivity index (χ1) is 11.6. The van der Waals surface area contributed by atoms with Gasteiger partial charge in [0.25, 0.3) is 5.91 Å². The minimum Gasteiger partial charge on any atom is -0.482 e. The van der Waals surface area contributed by atoms with Crippen molar-refractivity contribution in [3.8, 4) is 5.75 Å². The quantitative estimate of drug-likeness (QED) is 0.562. The number of rotatable bonds is 5. The Morgan fingerprint density at radius 1 is 1.17 bits per heavy atom. The Morgan fingerprint density at radius 2 is 1.96 bits per heavy atom. The van der Waals surface area contributed by atoms with Gasteiger partial charge in [-0.1, -0.05) is 42.8 Å². The fourth-order valence-corrected chi connectivity index (χ4v) is 2.26. The normalized spacial score (nSPS) is 9.92. The van der Waals surface area contributed by atoms with Crippen LogP contribution in [0.4, 0.5) is 5.69 Å². The summed E-state index contributed by atoms with van der Waals surface area (Å²) in [5, 5.41) is 3.74. The predicted octanol–water partition coefficient (Wildman–Crippen LogP) is 3.30. The van der Waals surface area contributed by atoms with Gasteiger partial charge in [0.1, 0.15) is 5.75 Å². The number of anilines is 1. The highest BCUT2D eigenvalue weighted by atomic mass is 35.5. The van der Waals surface area contributed by atoms with E-state index < -0.39 is 0 Å². The highest BCUT2D eigenvalue weighted by molar-refractivity contribution is 7.80. The van der Waals surface area contributed by atoms with Crippen LogP contribution >= 0.6 is 23.8 Å². The molecule has 2 aromatic rings. The standard InChI is InChI=1S/C17H18ClN3O2S/c1-2-12-6-5-7-13(10-12)19-17(24)21-20-16(22)11-23-15-9-4-3-8-14(15)18/h3-10H,2,11H2,1H3,(H,20,22)(H2,19,21,24). The van der Waals surface area contributed by atoms with Crippen LogP contribution in [0.5, 0.6) is 5.75 Å². The second kappa shape index (κ2) is 9.10. The maximum Gasteiger partial charge on any atom is 0.276 e. The summed E-state index contributed by atoms with van der Waals surface area (Å²) in [6.07, 6.45) is 0.936. The van der Waals surface area contributed by atoms with Crippen LogP contribution in [0.1, 0.15) is 12.5 Å². The van der Waals surface area contributed by atoms with Gasteiger partial charge in [-0.15, -0.1) is 0 Å². The number of aryl methyl sites for hydroxylation is 1. The molecule has 0 saturated heterocycles. The third kappa shape index (κ3) is 5.72. The summed E-state index contributed by atoms with van der Waals surface area (Å²) in [6.45, 7) is 1.90. The number of halogens is 1. The lowest BCUT2D eigenvalue weighted by Gasteiger charge is -2.13. The molecule has 24 heavy (non-hydrogen) atoms. The molecule has 0 aliphatic rings. The van der Waals surface area contributed by atoms with E-state index in [1.165, 1.54) is 5.56 Å². The van der Waals surface area contributed by atoms with Crippen LogP contribution in [0.25, 0.3) is 0 Å². The topological polar surface area (TPSA) is 62.4 Å². The van der Waals surface area contributed by atoms with E-state index in [-0.39, 0.29) is 17.6 Å². The molecule has 1 amide bonds. The lowest BCUT2D eigenvalue weighted by atomic mass is 10.1. The van der Waals surface area contributed by atoms with E-state index in [1.807, 2.05) is 24.3 Å². The average Bonchev–Trinajstić information content (AvgIpc) is 2.59. The summed E-state index contributed by atoms with van der Waals surface area (Å²) in [4.78, 5) is 11.8. The van der Waals surface area contributed by atoms with Crippen LogP contribution in [-0.4, -0.2) is 17.6 Å². The number of carbonyl (C=O) groups excluding carboxylic acids is 1. The Labute approximate surface area is 151 Å². The van der Waals surface area contributed by atoms with Gasteiger partial charge in [-0.05, 0) is 48.5 Å². The van der Waals surface area contributed by atoms with Crippen molar-refractivity contribution >= 4 is 40.5 Å². The van der Waals surface area contributed by atoms with E-state index in [4.69, 9.17) is 28.6 Å². The molecule has 0 saturated carbocycles. The molecule has 5 nitrogen and oxygen atoms in total. The van der Waals surface area contributed by atoms with Gasteiger partial charge >= 0.3 is 0 Å². The van der Waals surface area contributed by atoms with E-state index in [9.17, 15) is 4.79 Å². The van der Waals surface area contributed by atoms with Crippen molar-refractivity contribution in [1.82, 2.24) is 10.9 Å². The second-order valence-electron chi connectivity index (χ2n) is 4.90.